The average molecular weight is 205 g/mol. The van der Waals surface area contributed by atoms with Crippen LogP contribution in [-0.4, -0.2) is 36.2 Å². The summed E-state index contributed by atoms with van der Waals surface area (Å²) < 4.78 is 0. The molecule has 0 aromatic heterocycles. The summed E-state index contributed by atoms with van der Waals surface area (Å²) in [5.41, 5.74) is 1.54. The largest absolute Gasteiger partial charge is 0.478 e. The first-order chi connectivity index (χ1) is 7.29. The Morgan fingerprint density at radius 2 is 2.40 bits per heavy atom. The Labute approximate surface area is 86.9 Å². The molecule has 0 aliphatic carbocycles. The summed E-state index contributed by atoms with van der Waals surface area (Å²) in [5.74, 6) is -0.932. The third-order valence-corrected chi connectivity index (χ3v) is 2.20. The zero-order valence-electron chi connectivity index (χ0n) is 8.10. The highest BCUT2D eigenvalue weighted by Gasteiger charge is 2.21. The quantitative estimate of drug-likeness (QED) is 0.683. The lowest BCUT2D eigenvalue weighted by atomic mass is 10.0. The fourth-order valence-electron chi connectivity index (χ4n) is 1.52. The van der Waals surface area contributed by atoms with Crippen molar-refractivity contribution in [3.63, 3.8) is 0 Å². The predicted molar refractivity (Wildman–Crippen MR) is 57.2 cm³/mol. The number of hydrogen-bond donors (Lipinski definition) is 2. The van der Waals surface area contributed by atoms with E-state index in [2.05, 4.69) is 15.3 Å². The van der Waals surface area contributed by atoms with Gasteiger partial charge in [0.05, 0.1) is 17.0 Å². The third kappa shape index (κ3) is 1.96. The molecule has 0 atom stereocenters. The zero-order chi connectivity index (χ0) is 10.7. The highest BCUT2D eigenvalue weighted by Crippen LogP contribution is 2.13. The van der Waals surface area contributed by atoms with Crippen molar-refractivity contribution < 1.29 is 9.90 Å². The second kappa shape index (κ2) is 4.08. The van der Waals surface area contributed by atoms with Gasteiger partial charge in [-0.3, -0.25) is 9.98 Å². The van der Waals surface area contributed by atoms with E-state index in [-0.39, 0.29) is 5.57 Å². The first-order valence-electron chi connectivity index (χ1n) is 4.71. The molecule has 0 amide bonds. The van der Waals surface area contributed by atoms with Gasteiger partial charge in [-0.15, -0.1) is 0 Å². The molecule has 5 heteroatoms. The number of carboxylic acids is 1. The Kier molecular flexibility index (Phi) is 2.62. The third-order valence-electron chi connectivity index (χ3n) is 2.20. The van der Waals surface area contributed by atoms with Gasteiger partial charge in [0.2, 0.25) is 0 Å². The van der Waals surface area contributed by atoms with Gasteiger partial charge in [0.15, 0.2) is 0 Å². The Hall–Kier alpha value is -1.91. The molecule has 0 radical (unpaired) electrons. The van der Waals surface area contributed by atoms with Gasteiger partial charge >= 0.3 is 5.97 Å². The Bertz CT molecular complexity index is 405. The van der Waals surface area contributed by atoms with Crippen LogP contribution < -0.4 is 5.32 Å². The van der Waals surface area contributed by atoms with Crippen LogP contribution >= 0.6 is 0 Å². The smallest absolute Gasteiger partial charge is 0.337 e. The zero-order valence-corrected chi connectivity index (χ0v) is 8.10. The SMILES string of the molecule is O=C(O)C1=CCCN=C1C1=CC=NCN1. The number of nitrogens with one attached hydrogen (secondary N) is 1. The van der Waals surface area contributed by atoms with E-state index in [0.717, 1.165) is 5.70 Å². The molecular formula is C10H11N3O2. The number of nitrogens with zero attached hydrogens (tertiary/aromatic N) is 2. The first-order valence-corrected chi connectivity index (χ1v) is 4.71. The van der Waals surface area contributed by atoms with E-state index in [1.54, 1.807) is 18.4 Å². The molecule has 0 aromatic carbocycles. The van der Waals surface area contributed by atoms with E-state index in [4.69, 9.17) is 5.11 Å². The lowest BCUT2D eigenvalue weighted by Crippen LogP contribution is -2.28. The fraction of sp³-hybridized carbons (Fsp3) is 0.300. The van der Waals surface area contributed by atoms with Crippen LogP contribution in [0.25, 0.3) is 0 Å². The lowest BCUT2D eigenvalue weighted by Gasteiger charge is -2.17. The summed E-state index contributed by atoms with van der Waals surface area (Å²) >= 11 is 0. The van der Waals surface area contributed by atoms with Gasteiger partial charge in [-0.25, -0.2) is 4.79 Å². The number of rotatable bonds is 2. The highest BCUT2D eigenvalue weighted by molar-refractivity contribution is 6.27. The van der Waals surface area contributed by atoms with Crippen LogP contribution in [0.1, 0.15) is 6.42 Å². The van der Waals surface area contributed by atoms with E-state index in [9.17, 15) is 4.79 Å². The van der Waals surface area contributed by atoms with Gasteiger partial charge < -0.3 is 10.4 Å². The fourth-order valence-corrected chi connectivity index (χ4v) is 1.52. The number of carboxylic acid groups (broad SMARTS) is 1. The predicted octanol–water partition coefficient (Wildman–Crippen LogP) is 0.358. The topological polar surface area (TPSA) is 74.0 Å². The van der Waals surface area contributed by atoms with Crippen LogP contribution in [0.3, 0.4) is 0 Å². The monoisotopic (exact) mass is 205 g/mol. The molecular weight excluding hydrogens is 194 g/mol. The lowest BCUT2D eigenvalue weighted by molar-refractivity contribution is -0.132. The molecule has 0 aromatic rings. The summed E-state index contributed by atoms with van der Waals surface area (Å²) in [6.07, 6.45) is 5.79. The standard InChI is InChI=1S/C10H11N3O2/c14-10(15)7-2-1-4-12-9(7)8-3-5-11-6-13-8/h2-3,5,13H,1,4,6H2,(H,14,15). The normalized spacial score (nSPS) is 19.9. The molecule has 15 heavy (non-hydrogen) atoms. The first kappa shape index (κ1) is 9.64. The van der Waals surface area contributed by atoms with Gasteiger partial charge in [0, 0.05) is 12.8 Å². The van der Waals surface area contributed by atoms with Crippen molar-refractivity contribution in [2.75, 3.05) is 13.2 Å². The summed E-state index contributed by atoms with van der Waals surface area (Å²) in [5, 5.41) is 12.0. The number of aliphatic carboxylic acids is 1. The van der Waals surface area contributed by atoms with Crippen molar-refractivity contribution in [1.29, 1.82) is 0 Å². The van der Waals surface area contributed by atoms with Crippen LogP contribution in [-0.2, 0) is 4.79 Å². The maximum absolute atomic E-state index is 11.0. The van der Waals surface area contributed by atoms with Crippen LogP contribution in [0.5, 0.6) is 0 Å². The van der Waals surface area contributed by atoms with Crippen LogP contribution in [0.15, 0.2) is 33.4 Å². The number of hydrogen-bond acceptors (Lipinski definition) is 4. The summed E-state index contributed by atoms with van der Waals surface area (Å²) in [4.78, 5) is 19.2. The number of aliphatic imine (C=N–C) groups is 2. The van der Waals surface area contributed by atoms with Crippen molar-refractivity contribution in [2.45, 2.75) is 6.42 Å². The van der Waals surface area contributed by atoms with E-state index in [1.807, 2.05) is 0 Å². The van der Waals surface area contributed by atoms with E-state index in [1.165, 1.54) is 0 Å². The molecule has 0 saturated carbocycles. The minimum absolute atomic E-state index is 0.273. The molecule has 2 rings (SSSR count). The Morgan fingerprint density at radius 1 is 1.53 bits per heavy atom. The number of dihydropyridines is 1. The molecule has 0 unspecified atom stereocenters. The molecule has 2 aliphatic heterocycles. The second-order valence-corrected chi connectivity index (χ2v) is 3.19. The molecule has 0 bridgehead atoms. The Morgan fingerprint density at radius 3 is 3.07 bits per heavy atom. The highest BCUT2D eigenvalue weighted by atomic mass is 16.4. The molecule has 0 fully saturated rings. The maximum Gasteiger partial charge on any atom is 0.337 e. The van der Waals surface area contributed by atoms with Gasteiger partial charge in [-0.05, 0) is 12.5 Å². The maximum atomic E-state index is 11.0. The number of carbonyl (C=O) groups is 1. The molecule has 0 spiro atoms. The second-order valence-electron chi connectivity index (χ2n) is 3.19. The van der Waals surface area contributed by atoms with Gasteiger partial charge in [-0.2, -0.15) is 0 Å². The summed E-state index contributed by atoms with van der Waals surface area (Å²) in [6, 6.07) is 0. The Balaban J connectivity index is 2.30. The van der Waals surface area contributed by atoms with Crippen LogP contribution in [0.4, 0.5) is 0 Å². The van der Waals surface area contributed by atoms with Gasteiger partial charge in [0.25, 0.3) is 0 Å². The summed E-state index contributed by atoms with van der Waals surface area (Å²) in [6.45, 7) is 1.11. The van der Waals surface area contributed by atoms with Crippen molar-refractivity contribution in [1.82, 2.24) is 5.32 Å². The van der Waals surface area contributed by atoms with Crippen molar-refractivity contribution in [3.05, 3.63) is 23.4 Å². The molecule has 0 saturated heterocycles. The number of allylic oxidation sites excluding steroid dienone is 2. The minimum atomic E-state index is -0.932. The average Bonchev–Trinajstić information content (AvgIpc) is 2.30. The van der Waals surface area contributed by atoms with Crippen molar-refractivity contribution >= 4 is 17.9 Å². The minimum Gasteiger partial charge on any atom is -0.478 e. The van der Waals surface area contributed by atoms with E-state index >= 15 is 0 Å². The molecule has 2 aliphatic rings. The molecule has 2 N–H and O–H groups in total. The van der Waals surface area contributed by atoms with Crippen LogP contribution in [0.2, 0.25) is 0 Å². The van der Waals surface area contributed by atoms with Crippen LogP contribution in [0, 0.1) is 0 Å². The molecule has 5 nitrogen and oxygen atoms in total. The molecule has 78 valence electrons. The van der Waals surface area contributed by atoms with E-state index < -0.39 is 5.97 Å². The van der Waals surface area contributed by atoms with E-state index in [0.29, 0.717) is 25.3 Å². The summed E-state index contributed by atoms with van der Waals surface area (Å²) in [7, 11) is 0. The van der Waals surface area contributed by atoms with Crippen molar-refractivity contribution in [3.8, 4) is 0 Å². The van der Waals surface area contributed by atoms with Gasteiger partial charge in [0.1, 0.15) is 6.67 Å². The van der Waals surface area contributed by atoms with Crippen molar-refractivity contribution in [2.24, 2.45) is 9.98 Å². The van der Waals surface area contributed by atoms with Gasteiger partial charge in [-0.1, -0.05) is 6.08 Å². The molecule has 2 heterocycles.